The average molecular weight is 173 g/mol. The standard InChI is InChI=1S/C8H7N5/c1-5-7(9-3)13-4-10-12-8(13)6(2)11-5/h4H,1-2H3. The molecule has 0 amide bonds. The number of hydrogen-bond acceptors (Lipinski definition) is 3. The summed E-state index contributed by atoms with van der Waals surface area (Å²) < 4.78 is 1.66. The lowest BCUT2D eigenvalue weighted by Gasteiger charge is -2.00. The molecule has 64 valence electrons. The molecule has 13 heavy (non-hydrogen) atoms. The van der Waals surface area contributed by atoms with Crippen molar-refractivity contribution >= 4 is 11.5 Å². The fraction of sp³-hybridized carbons (Fsp3) is 0.250. The van der Waals surface area contributed by atoms with Gasteiger partial charge in [-0.05, 0) is 13.8 Å². The van der Waals surface area contributed by atoms with Crippen LogP contribution in [-0.2, 0) is 0 Å². The number of hydrogen-bond donors (Lipinski definition) is 0. The Balaban J connectivity index is 2.99. The highest BCUT2D eigenvalue weighted by Crippen LogP contribution is 2.18. The monoisotopic (exact) mass is 173 g/mol. The number of nitrogens with zero attached hydrogens (tertiary/aromatic N) is 5. The molecule has 0 spiro atoms. The van der Waals surface area contributed by atoms with Gasteiger partial charge < -0.3 is 4.85 Å². The fourth-order valence-corrected chi connectivity index (χ4v) is 1.30. The molecule has 0 N–H and O–H groups in total. The molecule has 0 fully saturated rings. The highest BCUT2D eigenvalue weighted by molar-refractivity contribution is 5.54. The second-order valence-corrected chi connectivity index (χ2v) is 2.74. The molecule has 0 saturated carbocycles. The molecule has 0 radical (unpaired) electrons. The van der Waals surface area contributed by atoms with Gasteiger partial charge >= 0.3 is 0 Å². The number of rotatable bonds is 0. The molecule has 0 saturated heterocycles. The van der Waals surface area contributed by atoms with Gasteiger partial charge in [-0.1, -0.05) is 6.57 Å². The molecule has 0 atom stereocenters. The third-order valence-corrected chi connectivity index (χ3v) is 1.86. The molecule has 0 aromatic carbocycles. The summed E-state index contributed by atoms with van der Waals surface area (Å²) in [4.78, 5) is 7.59. The van der Waals surface area contributed by atoms with E-state index in [0.717, 1.165) is 5.69 Å². The van der Waals surface area contributed by atoms with Crippen molar-refractivity contribution in [2.45, 2.75) is 13.8 Å². The van der Waals surface area contributed by atoms with Crippen LogP contribution in [0.2, 0.25) is 0 Å². The largest absolute Gasteiger partial charge is 0.362 e. The predicted molar refractivity (Wildman–Crippen MR) is 46.5 cm³/mol. The predicted octanol–water partition coefficient (Wildman–Crippen LogP) is 1.29. The number of fused-ring (bicyclic) bond motifs is 1. The summed E-state index contributed by atoms with van der Waals surface area (Å²) in [6.45, 7) is 10.6. The Morgan fingerprint density at radius 1 is 1.38 bits per heavy atom. The van der Waals surface area contributed by atoms with E-state index in [0.29, 0.717) is 17.2 Å². The minimum atomic E-state index is 0.477. The van der Waals surface area contributed by atoms with Gasteiger partial charge in [0.15, 0.2) is 6.33 Å². The number of aromatic nitrogens is 4. The number of aryl methyl sites for hydroxylation is 2. The lowest BCUT2D eigenvalue weighted by molar-refractivity contribution is 1.05. The van der Waals surface area contributed by atoms with Crippen LogP contribution in [0.15, 0.2) is 6.33 Å². The zero-order valence-corrected chi connectivity index (χ0v) is 7.31. The van der Waals surface area contributed by atoms with E-state index < -0.39 is 0 Å². The highest BCUT2D eigenvalue weighted by atomic mass is 15.3. The van der Waals surface area contributed by atoms with Gasteiger partial charge in [0.2, 0.25) is 0 Å². The van der Waals surface area contributed by atoms with Crippen LogP contribution in [0.4, 0.5) is 5.82 Å². The average Bonchev–Trinajstić information content (AvgIpc) is 2.53. The van der Waals surface area contributed by atoms with E-state index in [1.54, 1.807) is 11.3 Å². The normalized spacial score (nSPS) is 10.2. The van der Waals surface area contributed by atoms with E-state index in [1.807, 2.05) is 6.92 Å². The SMILES string of the molecule is [C-]#[N+]c1c(C)nc(C)c2nncn12. The van der Waals surface area contributed by atoms with Crippen LogP contribution in [-0.4, -0.2) is 19.6 Å². The van der Waals surface area contributed by atoms with Crippen molar-refractivity contribution in [2.24, 2.45) is 0 Å². The van der Waals surface area contributed by atoms with Crippen molar-refractivity contribution in [1.82, 2.24) is 19.6 Å². The van der Waals surface area contributed by atoms with Gasteiger partial charge in [-0.25, -0.2) is 4.40 Å². The van der Waals surface area contributed by atoms with Crippen LogP contribution >= 0.6 is 0 Å². The van der Waals surface area contributed by atoms with Gasteiger partial charge in [0, 0.05) is 0 Å². The topological polar surface area (TPSA) is 47.4 Å². The fourth-order valence-electron chi connectivity index (χ4n) is 1.30. The molecule has 0 unspecified atom stereocenters. The maximum atomic E-state index is 6.98. The van der Waals surface area contributed by atoms with Crippen molar-refractivity contribution in [3.63, 3.8) is 0 Å². The molecule has 0 bridgehead atoms. The maximum absolute atomic E-state index is 6.98. The lowest BCUT2D eigenvalue weighted by Crippen LogP contribution is -1.95. The first-order valence-electron chi connectivity index (χ1n) is 3.78. The van der Waals surface area contributed by atoms with Crippen molar-refractivity contribution in [3.8, 4) is 0 Å². The molecule has 2 rings (SSSR count). The van der Waals surface area contributed by atoms with Gasteiger partial charge in [0.25, 0.3) is 11.5 Å². The minimum Gasteiger partial charge on any atom is -0.362 e. The summed E-state index contributed by atoms with van der Waals surface area (Å²) in [6, 6.07) is 0. The van der Waals surface area contributed by atoms with Gasteiger partial charge in [-0.2, -0.15) is 0 Å². The third-order valence-electron chi connectivity index (χ3n) is 1.86. The van der Waals surface area contributed by atoms with Gasteiger partial charge in [0.05, 0.1) is 5.69 Å². The summed E-state index contributed by atoms with van der Waals surface area (Å²) in [5.74, 6) is 0.477. The van der Waals surface area contributed by atoms with Gasteiger partial charge in [-0.15, -0.1) is 10.2 Å². The molecule has 0 aliphatic heterocycles. The Hall–Kier alpha value is -1.96. The molecular weight excluding hydrogens is 166 g/mol. The van der Waals surface area contributed by atoms with E-state index in [1.165, 1.54) is 6.33 Å². The van der Waals surface area contributed by atoms with Crippen molar-refractivity contribution in [2.75, 3.05) is 0 Å². The first-order valence-corrected chi connectivity index (χ1v) is 3.78. The van der Waals surface area contributed by atoms with Gasteiger partial charge in [-0.3, -0.25) is 4.98 Å². The third kappa shape index (κ3) is 0.957. The van der Waals surface area contributed by atoms with E-state index >= 15 is 0 Å². The van der Waals surface area contributed by atoms with E-state index in [4.69, 9.17) is 6.57 Å². The van der Waals surface area contributed by atoms with Crippen LogP contribution in [0.5, 0.6) is 0 Å². The first-order chi connectivity index (χ1) is 6.24. The molecule has 5 heteroatoms. The zero-order chi connectivity index (χ0) is 9.42. The van der Waals surface area contributed by atoms with Crippen molar-refractivity contribution in [1.29, 1.82) is 0 Å². The Morgan fingerprint density at radius 2 is 2.15 bits per heavy atom. The molecule has 2 aromatic rings. The summed E-state index contributed by atoms with van der Waals surface area (Å²) in [6.07, 6.45) is 1.53. The molecule has 0 aliphatic carbocycles. The Morgan fingerprint density at radius 3 is 2.85 bits per heavy atom. The summed E-state index contributed by atoms with van der Waals surface area (Å²) in [5, 5.41) is 7.62. The van der Waals surface area contributed by atoms with E-state index in [2.05, 4.69) is 20.0 Å². The molecular formula is C8H7N5. The second kappa shape index (κ2) is 2.52. The Kier molecular flexibility index (Phi) is 1.49. The Bertz CT molecular complexity index is 505. The Labute approximate surface area is 74.9 Å². The lowest BCUT2D eigenvalue weighted by atomic mass is 10.4. The first kappa shape index (κ1) is 7.68. The minimum absolute atomic E-state index is 0.477. The van der Waals surface area contributed by atoms with Crippen molar-refractivity contribution < 1.29 is 0 Å². The quantitative estimate of drug-likeness (QED) is 0.564. The van der Waals surface area contributed by atoms with E-state index in [-0.39, 0.29) is 0 Å². The second-order valence-electron chi connectivity index (χ2n) is 2.74. The van der Waals surface area contributed by atoms with E-state index in [9.17, 15) is 0 Å². The van der Waals surface area contributed by atoms with Crippen LogP contribution in [0.25, 0.3) is 10.5 Å². The van der Waals surface area contributed by atoms with Crippen LogP contribution in [0.3, 0.4) is 0 Å². The summed E-state index contributed by atoms with van der Waals surface area (Å²) in [7, 11) is 0. The molecule has 2 heterocycles. The van der Waals surface area contributed by atoms with Crippen LogP contribution < -0.4 is 0 Å². The highest BCUT2D eigenvalue weighted by Gasteiger charge is 2.11. The molecule has 2 aromatic heterocycles. The molecule has 5 nitrogen and oxygen atoms in total. The summed E-state index contributed by atoms with van der Waals surface area (Å²) in [5.41, 5.74) is 2.15. The smallest absolute Gasteiger partial charge is 0.258 e. The molecule has 0 aliphatic rings. The zero-order valence-electron chi connectivity index (χ0n) is 7.31. The van der Waals surface area contributed by atoms with Gasteiger partial charge in [0.1, 0.15) is 5.69 Å². The summed E-state index contributed by atoms with van der Waals surface area (Å²) >= 11 is 0. The van der Waals surface area contributed by atoms with Crippen LogP contribution in [0, 0.1) is 20.4 Å². The maximum Gasteiger partial charge on any atom is 0.258 e. The van der Waals surface area contributed by atoms with Crippen molar-refractivity contribution in [3.05, 3.63) is 29.1 Å². The van der Waals surface area contributed by atoms with Crippen LogP contribution in [0.1, 0.15) is 11.4 Å².